The quantitative estimate of drug-likeness (QED) is 0.864. The molecule has 2 rings (SSSR count). The summed E-state index contributed by atoms with van der Waals surface area (Å²) in [6, 6.07) is 5.48. The van der Waals surface area contributed by atoms with Crippen molar-refractivity contribution in [2.75, 3.05) is 19.5 Å². The van der Waals surface area contributed by atoms with E-state index in [0.717, 1.165) is 18.5 Å². The molecule has 0 amide bonds. The second-order valence-corrected chi connectivity index (χ2v) is 5.22. The van der Waals surface area contributed by atoms with Gasteiger partial charge in [0.2, 0.25) is 0 Å². The Morgan fingerprint density at radius 3 is 2.24 bits per heavy atom. The molecule has 0 unspecified atom stereocenters. The second kappa shape index (κ2) is 7.11. The first-order valence-electron chi connectivity index (χ1n) is 7.23. The van der Waals surface area contributed by atoms with E-state index in [1.54, 1.807) is 18.2 Å². The summed E-state index contributed by atoms with van der Waals surface area (Å²) in [5, 5.41) is 3.42. The summed E-state index contributed by atoms with van der Waals surface area (Å²) >= 11 is 0. The molecule has 0 saturated heterocycles. The minimum Gasteiger partial charge on any atom is -0.465 e. The normalized spacial score (nSPS) is 15.3. The molecule has 1 aromatic carbocycles. The highest BCUT2D eigenvalue weighted by atomic mass is 16.5. The fourth-order valence-corrected chi connectivity index (χ4v) is 2.68. The van der Waals surface area contributed by atoms with Gasteiger partial charge in [-0.2, -0.15) is 0 Å². The van der Waals surface area contributed by atoms with Crippen LogP contribution in [0.4, 0.5) is 5.69 Å². The summed E-state index contributed by atoms with van der Waals surface area (Å²) in [5.41, 5.74) is 1.28. The monoisotopic (exact) mass is 291 g/mol. The van der Waals surface area contributed by atoms with Gasteiger partial charge < -0.3 is 14.8 Å². The standard InChI is InChI=1S/C16H21NO4/c1-20-15(18)13-9-8-12(10-14(13)16(19)21-2)17-11-6-4-3-5-7-11/h8-11,17H,3-7H2,1-2H3. The van der Waals surface area contributed by atoms with Gasteiger partial charge in [-0.3, -0.25) is 0 Å². The fourth-order valence-electron chi connectivity index (χ4n) is 2.68. The van der Waals surface area contributed by atoms with Crippen molar-refractivity contribution in [1.82, 2.24) is 0 Å². The number of hydrogen-bond donors (Lipinski definition) is 1. The third kappa shape index (κ3) is 3.74. The van der Waals surface area contributed by atoms with Crippen LogP contribution >= 0.6 is 0 Å². The number of hydrogen-bond acceptors (Lipinski definition) is 5. The molecule has 0 spiro atoms. The predicted octanol–water partition coefficient (Wildman–Crippen LogP) is 3.00. The maximum Gasteiger partial charge on any atom is 0.338 e. The van der Waals surface area contributed by atoms with Gasteiger partial charge >= 0.3 is 11.9 Å². The number of rotatable bonds is 4. The van der Waals surface area contributed by atoms with Gasteiger partial charge in [0.15, 0.2) is 0 Å². The molecular formula is C16H21NO4. The van der Waals surface area contributed by atoms with Gasteiger partial charge in [0.05, 0.1) is 25.3 Å². The molecule has 1 fully saturated rings. The van der Waals surface area contributed by atoms with Crippen LogP contribution in [0.15, 0.2) is 18.2 Å². The van der Waals surface area contributed by atoms with Crippen LogP contribution in [0.25, 0.3) is 0 Å². The molecule has 1 aromatic rings. The average Bonchev–Trinajstić information content (AvgIpc) is 2.54. The number of carbonyl (C=O) groups excluding carboxylic acids is 2. The van der Waals surface area contributed by atoms with E-state index in [1.807, 2.05) is 0 Å². The molecule has 0 radical (unpaired) electrons. The highest BCUT2D eigenvalue weighted by Crippen LogP contribution is 2.24. The number of ether oxygens (including phenoxy) is 2. The SMILES string of the molecule is COC(=O)c1ccc(NC2CCCCC2)cc1C(=O)OC. The summed E-state index contributed by atoms with van der Waals surface area (Å²) < 4.78 is 9.44. The largest absolute Gasteiger partial charge is 0.465 e. The van der Waals surface area contributed by atoms with Crippen molar-refractivity contribution in [3.8, 4) is 0 Å². The van der Waals surface area contributed by atoms with Crippen LogP contribution in [0.2, 0.25) is 0 Å². The van der Waals surface area contributed by atoms with E-state index in [-0.39, 0.29) is 11.1 Å². The van der Waals surface area contributed by atoms with E-state index in [9.17, 15) is 9.59 Å². The highest BCUT2D eigenvalue weighted by molar-refractivity contribution is 6.03. The Bertz CT molecular complexity index is 521. The minimum atomic E-state index is -0.542. The molecule has 0 heterocycles. The third-order valence-corrected chi connectivity index (χ3v) is 3.81. The molecule has 0 aromatic heterocycles. The van der Waals surface area contributed by atoms with Crippen LogP contribution in [0, 0.1) is 0 Å². The van der Waals surface area contributed by atoms with Gasteiger partial charge in [0, 0.05) is 11.7 Å². The van der Waals surface area contributed by atoms with E-state index < -0.39 is 11.9 Å². The van der Waals surface area contributed by atoms with E-state index >= 15 is 0 Å². The van der Waals surface area contributed by atoms with Crippen molar-refractivity contribution in [3.63, 3.8) is 0 Å². The van der Waals surface area contributed by atoms with Crippen LogP contribution in [-0.4, -0.2) is 32.2 Å². The van der Waals surface area contributed by atoms with Crippen LogP contribution in [0.3, 0.4) is 0 Å². The molecule has 1 N–H and O–H groups in total. The molecule has 0 bridgehead atoms. The van der Waals surface area contributed by atoms with Gasteiger partial charge in [-0.1, -0.05) is 19.3 Å². The van der Waals surface area contributed by atoms with Crippen molar-refractivity contribution in [2.45, 2.75) is 38.1 Å². The Labute approximate surface area is 124 Å². The number of methoxy groups -OCH3 is 2. The summed E-state index contributed by atoms with van der Waals surface area (Å²) in [7, 11) is 2.59. The Hall–Kier alpha value is -2.04. The molecule has 5 heteroatoms. The number of nitrogens with one attached hydrogen (secondary N) is 1. The maximum absolute atomic E-state index is 11.8. The molecular weight excluding hydrogens is 270 g/mol. The fraction of sp³-hybridized carbons (Fsp3) is 0.500. The first-order chi connectivity index (χ1) is 10.2. The Kier molecular flexibility index (Phi) is 5.20. The molecule has 1 saturated carbocycles. The predicted molar refractivity (Wildman–Crippen MR) is 79.6 cm³/mol. The summed E-state index contributed by atoms with van der Waals surface area (Å²) in [5.74, 6) is -1.08. The number of benzene rings is 1. The summed E-state index contributed by atoms with van der Waals surface area (Å²) in [6.07, 6.45) is 6.00. The summed E-state index contributed by atoms with van der Waals surface area (Å²) in [4.78, 5) is 23.5. The Morgan fingerprint density at radius 2 is 1.62 bits per heavy atom. The van der Waals surface area contributed by atoms with Crippen molar-refractivity contribution in [3.05, 3.63) is 29.3 Å². The molecule has 0 aliphatic heterocycles. The van der Waals surface area contributed by atoms with Crippen molar-refractivity contribution >= 4 is 17.6 Å². The molecule has 1 aliphatic carbocycles. The lowest BCUT2D eigenvalue weighted by Gasteiger charge is -2.24. The first kappa shape index (κ1) is 15.4. The maximum atomic E-state index is 11.8. The van der Waals surface area contributed by atoms with Crippen molar-refractivity contribution in [2.24, 2.45) is 0 Å². The molecule has 0 atom stereocenters. The lowest BCUT2D eigenvalue weighted by Crippen LogP contribution is -2.22. The third-order valence-electron chi connectivity index (χ3n) is 3.81. The van der Waals surface area contributed by atoms with Gasteiger partial charge in [-0.15, -0.1) is 0 Å². The summed E-state index contributed by atoms with van der Waals surface area (Å²) in [6.45, 7) is 0. The molecule has 114 valence electrons. The van der Waals surface area contributed by atoms with Gasteiger partial charge in [0.1, 0.15) is 0 Å². The average molecular weight is 291 g/mol. The Balaban J connectivity index is 2.23. The smallest absolute Gasteiger partial charge is 0.338 e. The number of anilines is 1. The van der Waals surface area contributed by atoms with Crippen LogP contribution in [0.1, 0.15) is 52.8 Å². The zero-order valence-electron chi connectivity index (χ0n) is 12.5. The molecule has 21 heavy (non-hydrogen) atoms. The highest BCUT2D eigenvalue weighted by Gasteiger charge is 2.20. The van der Waals surface area contributed by atoms with E-state index in [0.29, 0.717) is 6.04 Å². The molecule has 5 nitrogen and oxygen atoms in total. The number of carbonyl (C=O) groups is 2. The lowest BCUT2D eigenvalue weighted by atomic mass is 9.95. The first-order valence-corrected chi connectivity index (χ1v) is 7.23. The topological polar surface area (TPSA) is 64.6 Å². The van der Waals surface area contributed by atoms with E-state index in [2.05, 4.69) is 5.32 Å². The van der Waals surface area contributed by atoms with Crippen molar-refractivity contribution < 1.29 is 19.1 Å². The zero-order valence-corrected chi connectivity index (χ0v) is 12.5. The lowest BCUT2D eigenvalue weighted by molar-refractivity contribution is 0.0555. The number of esters is 2. The van der Waals surface area contributed by atoms with Gasteiger partial charge in [0.25, 0.3) is 0 Å². The minimum absolute atomic E-state index is 0.221. The van der Waals surface area contributed by atoms with E-state index in [4.69, 9.17) is 9.47 Å². The second-order valence-electron chi connectivity index (χ2n) is 5.22. The zero-order chi connectivity index (χ0) is 15.2. The van der Waals surface area contributed by atoms with E-state index in [1.165, 1.54) is 33.5 Å². The van der Waals surface area contributed by atoms with Crippen LogP contribution < -0.4 is 5.32 Å². The Morgan fingerprint density at radius 1 is 1.00 bits per heavy atom. The van der Waals surface area contributed by atoms with Crippen LogP contribution in [0.5, 0.6) is 0 Å². The molecule has 1 aliphatic rings. The van der Waals surface area contributed by atoms with Crippen LogP contribution in [-0.2, 0) is 9.47 Å². The van der Waals surface area contributed by atoms with Crippen molar-refractivity contribution in [1.29, 1.82) is 0 Å². The van der Waals surface area contributed by atoms with Gasteiger partial charge in [-0.25, -0.2) is 9.59 Å². The van der Waals surface area contributed by atoms with Gasteiger partial charge in [-0.05, 0) is 31.0 Å².